The van der Waals surface area contributed by atoms with E-state index in [1.54, 1.807) is 38.6 Å². The number of ether oxygens (including phenoxy) is 1. The molecular weight excluding hydrogens is 682 g/mol. The minimum absolute atomic E-state index is 0.0356. The molecule has 4 aromatic rings. The summed E-state index contributed by atoms with van der Waals surface area (Å²) in [5, 5.41) is 13.4. The maximum atomic E-state index is 15.6. The van der Waals surface area contributed by atoms with Crippen LogP contribution in [0.3, 0.4) is 0 Å². The van der Waals surface area contributed by atoms with Gasteiger partial charge in [0.15, 0.2) is 11.6 Å². The van der Waals surface area contributed by atoms with Crippen molar-refractivity contribution in [3.63, 3.8) is 0 Å². The highest BCUT2D eigenvalue weighted by Gasteiger charge is 2.23. The Kier molecular flexibility index (Phi) is 11.4. The molecule has 0 unspecified atom stereocenters. The van der Waals surface area contributed by atoms with Crippen LogP contribution in [-0.2, 0) is 22.7 Å². The van der Waals surface area contributed by atoms with E-state index in [0.29, 0.717) is 83.8 Å². The molecule has 4 N–H and O–H groups in total. The van der Waals surface area contributed by atoms with E-state index in [0.717, 1.165) is 24.8 Å². The molecular formula is C36H39Cl2FN8O3. The third-order valence-electron chi connectivity index (χ3n) is 9.09. The highest BCUT2D eigenvalue weighted by molar-refractivity contribution is 6.39. The number of carbonyl (C=O) groups excluding carboxylic acids is 2. The number of anilines is 2. The number of halogens is 3. The number of carbonyl (C=O) groups is 2. The minimum atomic E-state index is -0.486. The first-order chi connectivity index (χ1) is 24.2. The summed E-state index contributed by atoms with van der Waals surface area (Å²) in [6.07, 6.45) is 6.12. The fraction of sp³-hybridized carbons (Fsp3) is 0.361. The predicted molar refractivity (Wildman–Crippen MR) is 192 cm³/mol. The molecule has 3 aromatic heterocycles. The van der Waals surface area contributed by atoms with Crippen LogP contribution in [0.15, 0.2) is 54.9 Å². The molecule has 1 aromatic carbocycles. The van der Waals surface area contributed by atoms with Crippen LogP contribution in [0.2, 0.25) is 10.0 Å². The Morgan fingerprint density at radius 1 is 1.00 bits per heavy atom. The van der Waals surface area contributed by atoms with Gasteiger partial charge in [0, 0.05) is 92.8 Å². The molecule has 2 fully saturated rings. The quantitative estimate of drug-likeness (QED) is 0.142. The first kappa shape index (κ1) is 35.5. The van der Waals surface area contributed by atoms with Crippen molar-refractivity contribution < 1.29 is 18.7 Å². The lowest BCUT2D eigenvalue weighted by Crippen LogP contribution is -2.44. The third kappa shape index (κ3) is 8.15. The summed E-state index contributed by atoms with van der Waals surface area (Å²) in [6.45, 7) is 4.45. The molecule has 14 heteroatoms. The summed E-state index contributed by atoms with van der Waals surface area (Å²) in [5.74, 6) is 0.167. The SMILES string of the molecule is COc1nc(-c2cccc(-c3nccc(Nc4nccc(CNC5CCN(C(C)=O)CC5)c4F)c3Cl)c2Cl)ccc1CNC[C@@H]1CCC(=O)N1. The van der Waals surface area contributed by atoms with Crippen molar-refractivity contribution >= 4 is 46.5 Å². The van der Waals surface area contributed by atoms with E-state index in [9.17, 15) is 9.59 Å². The van der Waals surface area contributed by atoms with Crippen molar-refractivity contribution in [2.75, 3.05) is 32.1 Å². The van der Waals surface area contributed by atoms with Gasteiger partial charge in [0.2, 0.25) is 17.7 Å². The molecule has 262 valence electrons. The third-order valence-corrected chi connectivity index (χ3v) is 9.88. The van der Waals surface area contributed by atoms with E-state index in [1.807, 2.05) is 35.2 Å². The number of amides is 2. The number of piperidine rings is 1. The Balaban J connectivity index is 1.16. The molecule has 0 bridgehead atoms. The van der Waals surface area contributed by atoms with Gasteiger partial charge < -0.3 is 30.9 Å². The van der Waals surface area contributed by atoms with Gasteiger partial charge in [0.05, 0.1) is 34.2 Å². The molecule has 1 atom stereocenters. The van der Waals surface area contributed by atoms with Crippen LogP contribution in [0.1, 0.15) is 43.7 Å². The fourth-order valence-electron chi connectivity index (χ4n) is 6.27. The van der Waals surface area contributed by atoms with E-state index >= 15 is 4.39 Å². The zero-order chi connectivity index (χ0) is 35.2. The number of nitrogens with zero attached hydrogens (tertiary/aromatic N) is 4. The number of rotatable bonds is 12. The van der Waals surface area contributed by atoms with E-state index in [4.69, 9.17) is 32.9 Å². The van der Waals surface area contributed by atoms with Crippen molar-refractivity contribution in [2.45, 2.75) is 57.8 Å². The Labute approximate surface area is 300 Å². The lowest BCUT2D eigenvalue weighted by atomic mass is 10.0. The normalized spacial score (nSPS) is 16.4. The van der Waals surface area contributed by atoms with Crippen molar-refractivity contribution in [3.8, 4) is 28.4 Å². The average Bonchev–Trinajstić information content (AvgIpc) is 3.54. The monoisotopic (exact) mass is 720 g/mol. The van der Waals surface area contributed by atoms with Crippen LogP contribution < -0.4 is 26.0 Å². The molecule has 2 aliphatic rings. The van der Waals surface area contributed by atoms with Crippen LogP contribution in [0.5, 0.6) is 5.88 Å². The molecule has 11 nitrogen and oxygen atoms in total. The van der Waals surface area contributed by atoms with Gasteiger partial charge in [-0.15, -0.1) is 0 Å². The molecule has 0 spiro atoms. The summed E-state index contributed by atoms with van der Waals surface area (Å²) in [4.78, 5) is 38.4. The van der Waals surface area contributed by atoms with Crippen molar-refractivity contribution in [1.82, 2.24) is 35.8 Å². The molecule has 2 saturated heterocycles. The first-order valence-corrected chi connectivity index (χ1v) is 17.3. The lowest BCUT2D eigenvalue weighted by molar-refractivity contribution is -0.130. The van der Waals surface area contributed by atoms with Gasteiger partial charge in [-0.1, -0.05) is 47.5 Å². The molecule has 2 aliphatic heterocycles. The maximum absolute atomic E-state index is 15.6. The van der Waals surface area contributed by atoms with Gasteiger partial charge in [-0.25, -0.2) is 14.4 Å². The standard InChI is InChI=1S/C36H39Cl2FN8O3/c1-21(48)47-16-12-24(13-17-47)43-19-22-10-14-42-35(33(22)39)45-29-11-15-41-34(32(29)38)27-5-3-4-26(31(27)37)28-8-6-23(36(46-28)50-2)18-40-20-25-7-9-30(49)44-25/h3-6,8,10-11,14-15,24-25,40,43H,7,9,12-13,16-20H2,1-2H3,(H,44,49)(H,41,42,45)/t25-/m0/s1. The second-order valence-corrected chi connectivity index (χ2v) is 13.2. The largest absolute Gasteiger partial charge is 0.481 e. The van der Waals surface area contributed by atoms with Crippen LogP contribution >= 0.6 is 23.2 Å². The van der Waals surface area contributed by atoms with Gasteiger partial charge in [-0.05, 0) is 37.5 Å². The molecule has 5 heterocycles. The zero-order valence-electron chi connectivity index (χ0n) is 27.9. The number of nitrogens with one attached hydrogen (secondary N) is 4. The smallest absolute Gasteiger partial charge is 0.220 e. The lowest BCUT2D eigenvalue weighted by Gasteiger charge is -2.31. The number of aromatic nitrogens is 3. The van der Waals surface area contributed by atoms with Gasteiger partial charge >= 0.3 is 0 Å². The summed E-state index contributed by atoms with van der Waals surface area (Å²) in [6, 6.07) is 12.9. The average molecular weight is 722 g/mol. The van der Waals surface area contributed by atoms with Crippen molar-refractivity contribution in [2.24, 2.45) is 0 Å². The second kappa shape index (κ2) is 16.1. The highest BCUT2D eigenvalue weighted by atomic mass is 35.5. The second-order valence-electron chi connectivity index (χ2n) is 12.4. The molecule has 50 heavy (non-hydrogen) atoms. The number of hydrogen-bond donors (Lipinski definition) is 4. The molecule has 2 amide bonds. The minimum Gasteiger partial charge on any atom is -0.481 e. The van der Waals surface area contributed by atoms with Crippen molar-refractivity contribution in [3.05, 3.63) is 81.8 Å². The number of likely N-dealkylation sites (tertiary alicyclic amines) is 1. The van der Waals surface area contributed by atoms with Gasteiger partial charge in [-0.2, -0.15) is 0 Å². The van der Waals surface area contributed by atoms with Crippen LogP contribution in [0, 0.1) is 5.82 Å². The zero-order valence-corrected chi connectivity index (χ0v) is 29.4. The van der Waals surface area contributed by atoms with Crippen LogP contribution in [0.25, 0.3) is 22.5 Å². The first-order valence-electron chi connectivity index (χ1n) is 16.6. The summed E-state index contributed by atoms with van der Waals surface area (Å²) < 4.78 is 21.3. The summed E-state index contributed by atoms with van der Waals surface area (Å²) in [5.41, 5.74) is 3.99. The summed E-state index contributed by atoms with van der Waals surface area (Å²) >= 11 is 13.9. The van der Waals surface area contributed by atoms with Gasteiger partial charge in [-0.3, -0.25) is 14.6 Å². The molecule has 0 aliphatic carbocycles. The molecule has 0 saturated carbocycles. The van der Waals surface area contributed by atoms with Crippen LogP contribution in [0.4, 0.5) is 15.9 Å². The van der Waals surface area contributed by atoms with Crippen LogP contribution in [-0.4, -0.2) is 70.5 Å². The predicted octanol–water partition coefficient (Wildman–Crippen LogP) is 5.87. The number of hydrogen-bond acceptors (Lipinski definition) is 9. The van der Waals surface area contributed by atoms with Gasteiger partial charge in [0.25, 0.3) is 0 Å². The van der Waals surface area contributed by atoms with Gasteiger partial charge in [0.1, 0.15) is 0 Å². The number of methoxy groups -OCH3 is 1. The van der Waals surface area contributed by atoms with E-state index in [-0.39, 0.29) is 34.7 Å². The molecule has 0 radical (unpaired) electrons. The number of pyridine rings is 3. The highest BCUT2D eigenvalue weighted by Crippen LogP contribution is 2.41. The van der Waals surface area contributed by atoms with Crippen molar-refractivity contribution in [1.29, 1.82) is 0 Å². The topological polar surface area (TPSA) is 133 Å². The van der Waals surface area contributed by atoms with E-state index in [2.05, 4.69) is 31.2 Å². The Bertz CT molecular complexity index is 1870. The van der Waals surface area contributed by atoms with E-state index in [1.165, 1.54) is 0 Å². The Morgan fingerprint density at radius 2 is 1.78 bits per heavy atom. The molecule has 6 rings (SSSR count). The Morgan fingerprint density at radius 3 is 2.52 bits per heavy atom. The fourth-order valence-corrected chi connectivity index (χ4v) is 6.84. The Hall–Kier alpha value is -4.36. The summed E-state index contributed by atoms with van der Waals surface area (Å²) in [7, 11) is 1.57. The maximum Gasteiger partial charge on any atom is 0.220 e. The number of benzene rings is 1. The van der Waals surface area contributed by atoms with E-state index < -0.39 is 5.82 Å².